The molecule has 0 aromatic carbocycles. The highest BCUT2D eigenvalue weighted by Gasteiger charge is 2.27. The molecule has 0 atom stereocenters. The summed E-state index contributed by atoms with van der Waals surface area (Å²) < 4.78 is 0. The quantitative estimate of drug-likeness (QED) is 0.827. The topological polar surface area (TPSA) is 53.5 Å². The molecule has 1 aliphatic heterocycles. The van der Waals surface area contributed by atoms with Crippen molar-refractivity contribution < 1.29 is 9.59 Å². The van der Waals surface area contributed by atoms with Crippen LogP contribution in [0.25, 0.3) is 0 Å². The highest BCUT2D eigenvalue weighted by atomic mass is 32.1. The fraction of sp³-hybridized carbons (Fsp3) is 0.737. The van der Waals surface area contributed by atoms with Crippen LogP contribution < -0.4 is 0 Å². The number of carbonyl (C=O) groups excluding carboxylic acids is 2. The van der Waals surface area contributed by atoms with Gasteiger partial charge in [0.05, 0.1) is 17.1 Å². The molecular formula is C19H27N3O2S. The third-order valence-electron chi connectivity index (χ3n) is 5.83. The van der Waals surface area contributed by atoms with Crippen molar-refractivity contribution in [1.29, 1.82) is 0 Å². The highest BCUT2D eigenvalue weighted by molar-refractivity contribution is 7.13. The molecule has 0 radical (unpaired) electrons. The van der Waals surface area contributed by atoms with Gasteiger partial charge in [0.25, 0.3) is 0 Å². The van der Waals surface area contributed by atoms with E-state index in [0.717, 1.165) is 67.6 Å². The van der Waals surface area contributed by atoms with Gasteiger partial charge >= 0.3 is 0 Å². The van der Waals surface area contributed by atoms with Gasteiger partial charge in [0, 0.05) is 39.0 Å². The van der Waals surface area contributed by atoms with Crippen molar-refractivity contribution in [2.45, 2.75) is 57.9 Å². The first-order valence-electron chi connectivity index (χ1n) is 9.71. The van der Waals surface area contributed by atoms with Gasteiger partial charge in [-0.05, 0) is 31.6 Å². The Hall–Kier alpha value is -1.27. The molecule has 2 fully saturated rings. The maximum absolute atomic E-state index is 12.4. The van der Waals surface area contributed by atoms with Gasteiger partial charge in [-0.25, -0.2) is 4.98 Å². The molecule has 1 saturated heterocycles. The Kier molecular flexibility index (Phi) is 5.17. The monoisotopic (exact) mass is 361 g/mol. The van der Waals surface area contributed by atoms with Crippen molar-refractivity contribution >= 4 is 23.0 Å². The zero-order valence-corrected chi connectivity index (χ0v) is 15.7. The van der Waals surface area contributed by atoms with E-state index in [1.807, 2.05) is 4.90 Å². The summed E-state index contributed by atoms with van der Waals surface area (Å²) in [5, 5.41) is 1.06. The fourth-order valence-corrected chi connectivity index (χ4v) is 5.44. The zero-order valence-electron chi connectivity index (χ0n) is 14.8. The molecule has 2 heterocycles. The molecule has 0 bridgehead atoms. The molecule has 25 heavy (non-hydrogen) atoms. The van der Waals surface area contributed by atoms with Crippen molar-refractivity contribution in [1.82, 2.24) is 14.8 Å². The number of thiazole rings is 1. The van der Waals surface area contributed by atoms with Crippen LogP contribution in [0.3, 0.4) is 0 Å². The molecule has 1 aromatic heterocycles. The Balaban J connectivity index is 1.27. The van der Waals surface area contributed by atoms with Gasteiger partial charge in [0.1, 0.15) is 5.01 Å². The van der Waals surface area contributed by atoms with Crippen molar-refractivity contribution in [3.63, 3.8) is 0 Å². The lowest BCUT2D eigenvalue weighted by Gasteiger charge is -2.34. The van der Waals surface area contributed by atoms with Crippen molar-refractivity contribution in [2.75, 3.05) is 26.2 Å². The molecule has 0 spiro atoms. The first-order valence-corrected chi connectivity index (χ1v) is 10.5. The first-order chi connectivity index (χ1) is 12.2. The van der Waals surface area contributed by atoms with E-state index in [1.54, 1.807) is 11.3 Å². The van der Waals surface area contributed by atoms with E-state index in [2.05, 4.69) is 4.90 Å². The molecule has 136 valence electrons. The minimum Gasteiger partial charge on any atom is -0.340 e. The van der Waals surface area contributed by atoms with Crippen molar-refractivity contribution in [3.8, 4) is 0 Å². The number of amides is 1. The number of ketones is 1. The van der Waals surface area contributed by atoms with Crippen LogP contribution in [0, 0.1) is 5.92 Å². The van der Waals surface area contributed by atoms with Gasteiger partial charge in [0.15, 0.2) is 5.78 Å². The summed E-state index contributed by atoms with van der Waals surface area (Å²) in [5.41, 5.74) is 1.02. The van der Waals surface area contributed by atoms with Crippen LogP contribution in [0.4, 0.5) is 0 Å². The molecule has 0 unspecified atom stereocenters. The second-order valence-corrected chi connectivity index (χ2v) is 8.76. The summed E-state index contributed by atoms with van der Waals surface area (Å²) in [6.45, 7) is 4.30. The van der Waals surface area contributed by atoms with Gasteiger partial charge in [-0.3, -0.25) is 14.5 Å². The van der Waals surface area contributed by atoms with Gasteiger partial charge in [0.2, 0.25) is 5.91 Å². The number of fused-ring (bicyclic) bond motifs is 1. The van der Waals surface area contributed by atoms with E-state index in [0.29, 0.717) is 18.2 Å². The Bertz CT molecular complexity index is 643. The lowest BCUT2D eigenvalue weighted by Crippen LogP contribution is -2.48. The third kappa shape index (κ3) is 3.95. The summed E-state index contributed by atoms with van der Waals surface area (Å²) in [5.74, 6) is 1.25. The maximum Gasteiger partial charge on any atom is 0.222 e. The van der Waals surface area contributed by atoms with Crippen LogP contribution in [0.5, 0.6) is 0 Å². The minimum atomic E-state index is 0.271. The second-order valence-electron chi connectivity index (χ2n) is 7.67. The maximum atomic E-state index is 12.4. The smallest absolute Gasteiger partial charge is 0.222 e. The molecule has 4 rings (SSSR count). The van der Waals surface area contributed by atoms with Gasteiger partial charge in [-0.15, -0.1) is 11.3 Å². The van der Waals surface area contributed by atoms with Crippen LogP contribution >= 0.6 is 11.3 Å². The van der Waals surface area contributed by atoms with Crippen LogP contribution in [0.15, 0.2) is 0 Å². The van der Waals surface area contributed by atoms with Crippen LogP contribution in [-0.4, -0.2) is 52.7 Å². The van der Waals surface area contributed by atoms with Crippen molar-refractivity contribution in [2.24, 2.45) is 5.92 Å². The molecular weight excluding hydrogens is 334 g/mol. The largest absolute Gasteiger partial charge is 0.340 e. The van der Waals surface area contributed by atoms with Crippen molar-refractivity contribution in [3.05, 3.63) is 15.6 Å². The third-order valence-corrected chi connectivity index (χ3v) is 6.96. The zero-order chi connectivity index (χ0) is 17.2. The minimum absolute atomic E-state index is 0.271. The average Bonchev–Trinajstić information content (AvgIpc) is 3.25. The van der Waals surface area contributed by atoms with E-state index >= 15 is 0 Å². The first kappa shape index (κ1) is 17.2. The summed E-state index contributed by atoms with van der Waals surface area (Å²) in [6, 6.07) is 0. The number of hydrogen-bond acceptors (Lipinski definition) is 5. The number of carbonyl (C=O) groups is 2. The molecule has 1 amide bonds. The SMILES string of the molecule is O=C1CCCc2nc(CN3CCN(C(=O)CC4CCCC4)CC3)sc21. The van der Waals surface area contributed by atoms with E-state index in [1.165, 1.54) is 25.7 Å². The second kappa shape index (κ2) is 7.54. The summed E-state index contributed by atoms with van der Waals surface area (Å²) in [7, 11) is 0. The summed E-state index contributed by atoms with van der Waals surface area (Å²) in [4.78, 5) is 34.4. The standard InChI is InChI=1S/C19H27N3O2S/c23-16-7-3-6-15-19(16)25-17(20-15)13-21-8-10-22(11-9-21)18(24)12-14-4-1-2-5-14/h14H,1-13H2. The molecule has 1 saturated carbocycles. The van der Waals surface area contributed by atoms with Crippen LogP contribution in [-0.2, 0) is 17.8 Å². The Morgan fingerprint density at radius 2 is 1.84 bits per heavy atom. The predicted molar refractivity (Wildman–Crippen MR) is 97.8 cm³/mol. The Morgan fingerprint density at radius 1 is 1.08 bits per heavy atom. The Morgan fingerprint density at radius 3 is 2.56 bits per heavy atom. The molecule has 0 N–H and O–H groups in total. The normalized spacial score (nSPS) is 22.4. The average molecular weight is 362 g/mol. The number of nitrogens with zero attached hydrogens (tertiary/aromatic N) is 3. The number of hydrogen-bond donors (Lipinski definition) is 0. The lowest BCUT2D eigenvalue weighted by atomic mass is 10.0. The number of piperazine rings is 1. The fourth-order valence-electron chi connectivity index (χ4n) is 4.32. The lowest BCUT2D eigenvalue weighted by molar-refractivity contribution is -0.134. The van der Waals surface area contributed by atoms with Crippen LogP contribution in [0.2, 0.25) is 0 Å². The van der Waals surface area contributed by atoms with E-state index in [4.69, 9.17) is 4.98 Å². The number of aryl methyl sites for hydroxylation is 1. The van der Waals surface area contributed by atoms with E-state index in [9.17, 15) is 9.59 Å². The summed E-state index contributed by atoms with van der Waals surface area (Å²) >= 11 is 1.58. The number of Topliss-reactive ketones (excluding diaryl/α,β-unsaturated/α-hetero) is 1. The molecule has 6 heteroatoms. The van der Waals surface area contributed by atoms with E-state index < -0.39 is 0 Å². The van der Waals surface area contributed by atoms with Gasteiger partial charge in [-0.1, -0.05) is 12.8 Å². The highest BCUT2D eigenvalue weighted by Crippen LogP contribution is 2.29. The number of rotatable bonds is 4. The molecule has 1 aromatic rings. The van der Waals surface area contributed by atoms with Crippen LogP contribution in [0.1, 0.15) is 65.3 Å². The summed E-state index contributed by atoms with van der Waals surface area (Å²) in [6.07, 6.45) is 8.38. The predicted octanol–water partition coefficient (Wildman–Crippen LogP) is 2.89. The van der Waals surface area contributed by atoms with E-state index in [-0.39, 0.29) is 5.78 Å². The molecule has 5 nitrogen and oxygen atoms in total. The van der Waals surface area contributed by atoms with Gasteiger partial charge in [-0.2, -0.15) is 0 Å². The Labute approximate surface area is 153 Å². The van der Waals surface area contributed by atoms with Gasteiger partial charge < -0.3 is 4.90 Å². The molecule has 2 aliphatic carbocycles. The molecule has 3 aliphatic rings. The number of aromatic nitrogens is 1.